The van der Waals surface area contributed by atoms with Gasteiger partial charge in [0.05, 0.1) is 47.3 Å². The van der Waals surface area contributed by atoms with Crippen LogP contribution >= 0.6 is 0 Å². The molecule has 0 saturated heterocycles. The molecular weight excluding hydrogens is 1240 g/mol. The molecule has 498 valence electrons. The Labute approximate surface area is 544 Å². The Bertz CT molecular complexity index is 2720. The first kappa shape index (κ1) is 82.0. The van der Waals surface area contributed by atoms with Crippen molar-refractivity contribution in [3.05, 3.63) is 162 Å². The first-order valence-corrected chi connectivity index (χ1v) is 51.2. The fourth-order valence-corrected chi connectivity index (χ4v) is 17.1. The third-order valence-electron chi connectivity index (χ3n) is 13.9. The van der Waals surface area contributed by atoms with E-state index in [2.05, 4.69) is 120 Å². The van der Waals surface area contributed by atoms with Crippen molar-refractivity contribution < 1.29 is 40.3 Å². The van der Waals surface area contributed by atoms with Crippen LogP contribution in [-0.4, -0.2) is 139 Å². The lowest BCUT2D eigenvalue weighted by Crippen LogP contribution is -2.36. The fraction of sp³-hybridized carbons (Fsp3) is 0.538. The van der Waals surface area contributed by atoms with Crippen molar-refractivity contribution in [3.63, 3.8) is 0 Å². The largest absolute Gasteiger partial charge is 0.420 e. The highest BCUT2D eigenvalue weighted by atomic mass is 32.2. The summed E-state index contributed by atoms with van der Waals surface area (Å²) in [6.07, 6.45) is 10.3. The van der Waals surface area contributed by atoms with Crippen molar-refractivity contribution in [3.8, 4) is 0 Å². The van der Waals surface area contributed by atoms with E-state index in [9.17, 15) is 27.0 Å². The zero-order valence-corrected chi connectivity index (χ0v) is 63.3. The van der Waals surface area contributed by atoms with E-state index in [0.717, 1.165) is 91.7 Å². The van der Waals surface area contributed by atoms with E-state index < -0.39 is 61.7 Å². The van der Waals surface area contributed by atoms with Gasteiger partial charge < -0.3 is 39.9 Å². The van der Waals surface area contributed by atoms with Crippen LogP contribution in [0.3, 0.4) is 0 Å². The molecule has 3 heterocycles. The maximum Gasteiger partial charge on any atom is 0.315 e. The number of urea groups is 2. The predicted octanol–water partition coefficient (Wildman–Crippen LogP) is 13.2. The molecule has 0 aliphatic carbocycles. The number of carbonyl (C=O) groups excluding carboxylic acids is 3. The van der Waals surface area contributed by atoms with Crippen LogP contribution in [0.1, 0.15) is 60.3 Å². The first-order valence-electron chi connectivity index (χ1n) is 31.1. The summed E-state index contributed by atoms with van der Waals surface area (Å²) in [6, 6.07) is 41.8. The van der Waals surface area contributed by atoms with Gasteiger partial charge in [-0.15, -0.1) is 0 Å². The van der Waals surface area contributed by atoms with E-state index in [1.165, 1.54) is 12.1 Å². The summed E-state index contributed by atoms with van der Waals surface area (Å²) >= 11 is 0. The Morgan fingerprint density at radius 3 is 1.29 bits per heavy atom. The summed E-state index contributed by atoms with van der Waals surface area (Å²) in [4.78, 5) is 47.1. The van der Waals surface area contributed by atoms with Gasteiger partial charge in [-0.3, -0.25) is 24.0 Å². The van der Waals surface area contributed by atoms with E-state index in [1.54, 1.807) is 58.1 Å². The van der Waals surface area contributed by atoms with E-state index in [1.807, 2.05) is 97.1 Å². The van der Waals surface area contributed by atoms with Crippen LogP contribution in [0.25, 0.3) is 0 Å². The number of nitrogens with one attached hydrogen (secondary N) is 5. The number of pyridine rings is 3. The molecule has 0 bridgehead atoms. The van der Waals surface area contributed by atoms with Crippen LogP contribution in [0.5, 0.6) is 0 Å². The van der Waals surface area contributed by atoms with Crippen molar-refractivity contribution in [2.45, 2.75) is 172 Å². The van der Waals surface area contributed by atoms with Gasteiger partial charge >= 0.3 is 12.1 Å². The molecule has 1 unspecified atom stereocenters. The van der Waals surface area contributed by atoms with Gasteiger partial charge in [0.1, 0.15) is 0 Å². The van der Waals surface area contributed by atoms with E-state index >= 15 is 0 Å². The van der Waals surface area contributed by atoms with Gasteiger partial charge in [0.25, 0.3) is 0 Å². The zero-order valence-electron chi connectivity index (χ0n) is 56.7. The summed E-state index contributed by atoms with van der Waals surface area (Å²) in [6.45, 7) is 30.3. The van der Waals surface area contributed by atoms with Gasteiger partial charge in [-0.25, -0.2) is 18.0 Å². The Balaban J connectivity index is 0.000000556. The summed E-state index contributed by atoms with van der Waals surface area (Å²) in [5.41, 5.74) is 4.57. The second-order valence-electron chi connectivity index (χ2n) is 26.1. The molecule has 0 radical (unpaired) electrons. The molecule has 1 atom stereocenters. The number of sulfone groups is 1. The SMILES string of the molecule is CO[Si](C)(C)CCCNC(=O)Cc1ccccc1.CO[Si](C)(C)CCCS(=O)(=O)Cc1ccccn1.CO[Si](C)(C)CCCS(=O)Cc1ccccn1.C[Si](C)(C)CCCNC(=O)NCc1ccccc1.C[Si](C)(C)CCCNC(=O)NCc1ccccn1. The number of hydrogen-bond acceptors (Lipinski definition) is 12. The Kier molecular flexibility index (Phi) is 41.7. The molecule has 5 rings (SSSR count). The van der Waals surface area contributed by atoms with Crippen LogP contribution in [-0.2, 0) is 69.7 Å². The predicted molar refractivity (Wildman–Crippen MR) is 384 cm³/mol. The zero-order chi connectivity index (χ0) is 66.7. The molecule has 3 aromatic heterocycles. The maximum absolute atomic E-state index is 11.9. The molecule has 0 fully saturated rings. The second-order valence-corrected chi connectivity index (χ2v) is 54.4. The van der Waals surface area contributed by atoms with Gasteiger partial charge in [-0.2, -0.15) is 0 Å². The summed E-state index contributed by atoms with van der Waals surface area (Å²) in [5.74, 6) is 1.65. The van der Waals surface area contributed by atoms with Crippen molar-refractivity contribution in [1.82, 2.24) is 41.5 Å². The molecule has 24 heteroatoms. The molecule has 0 aliphatic heterocycles. The highest BCUT2D eigenvalue weighted by Crippen LogP contribution is 2.17. The number of rotatable bonds is 33. The second kappa shape index (κ2) is 45.3. The Morgan fingerprint density at radius 2 is 0.843 bits per heavy atom. The van der Waals surface area contributed by atoms with Gasteiger partial charge in [0.2, 0.25) is 5.91 Å². The highest BCUT2D eigenvalue weighted by molar-refractivity contribution is 7.90. The molecule has 5 aromatic rings. The molecular formula is C65H112N8O9S2Si5. The van der Waals surface area contributed by atoms with Gasteiger partial charge in [0, 0.05) is 98.8 Å². The molecule has 5 amide bonds. The number of benzene rings is 2. The van der Waals surface area contributed by atoms with Crippen molar-refractivity contribution >= 4 is 79.7 Å². The lowest BCUT2D eigenvalue weighted by molar-refractivity contribution is -0.120. The lowest BCUT2D eigenvalue weighted by Gasteiger charge is -2.19. The standard InChI is InChI=1S/C14H24N2OSi.C14H23NO2Si.C13H23N3OSi.C12H21NO3SSi.C12H21NO2SSi/c1-18(2,3)11-7-10-15-14(17)16-12-13-8-5-4-6-9-13;1-17-18(2,3)11-7-10-15-14(16)12-13-8-5-4-6-9-13;1-18(2,3)10-6-9-15-13(17)16-11-12-7-4-5-8-14-12;1-16-18(2,3)10-6-9-17(14,15)11-12-7-4-5-8-13-12;1-15-17(2,3)10-6-9-16(14)11-12-7-4-5-8-13-12/h4-6,8-9H,7,10-12H2,1-3H3,(H2,15,16,17);4-6,8-9H,7,10-12H2,1-3H3,(H,15,16);4-5,7-8H,6,9-11H2,1-3H3,(H2,15,16,17);4-5,7-8H,6,9-11H2,1-3H3;4-5,7-8H,6,9-11H2,1-3H3. The summed E-state index contributed by atoms with van der Waals surface area (Å²) in [7, 11) is -5.17. The number of hydrogen-bond donors (Lipinski definition) is 5. The highest BCUT2D eigenvalue weighted by Gasteiger charge is 2.23. The fourth-order valence-electron chi connectivity index (χ4n) is 7.99. The number of nitrogens with zero attached hydrogens (tertiary/aromatic N) is 3. The molecule has 0 saturated carbocycles. The van der Waals surface area contributed by atoms with Crippen molar-refractivity contribution in [1.29, 1.82) is 0 Å². The number of aromatic nitrogens is 3. The molecule has 0 aliphatic rings. The third kappa shape index (κ3) is 48.4. The summed E-state index contributed by atoms with van der Waals surface area (Å²) < 4.78 is 52.0. The lowest BCUT2D eigenvalue weighted by atomic mass is 10.1. The maximum atomic E-state index is 11.9. The minimum absolute atomic E-state index is 0.0306. The van der Waals surface area contributed by atoms with Crippen LogP contribution in [0.2, 0.25) is 109 Å². The van der Waals surface area contributed by atoms with E-state index in [4.69, 9.17) is 13.3 Å². The van der Waals surface area contributed by atoms with Crippen LogP contribution in [0.4, 0.5) is 9.59 Å². The average molecular weight is 1350 g/mol. The molecule has 0 spiro atoms. The van der Waals surface area contributed by atoms with E-state index in [-0.39, 0.29) is 29.5 Å². The number of carbonyl (C=O) groups is 3. The molecule has 17 nitrogen and oxygen atoms in total. The number of amides is 5. The van der Waals surface area contributed by atoms with Gasteiger partial charge in [0.15, 0.2) is 34.8 Å². The molecule has 5 N–H and O–H groups in total. The average Bonchev–Trinajstić information content (AvgIpc) is 3.57. The minimum Gasteiger partial charge on any atom is -0.420 e. The van der Waals surface area contributed by atoms with Crippen molar-refractivity contribution in [2.75, 3.05) is 52.5 Å². The molecule has 2 aromatic carbocycles. The quantitative estimate of drug-likeness (QED) is 0.0195. The van der Waals surface area contributed by atoms with Crippen LogP contribution in [0.15, 0.2) is 134 Å². The van der Waals surface area contributed by atoms with E-state index in [0.29, 0.717) is 37.4 Å². The Hall–Kier alpha value is -5.04. The van der Waals surface area contributed by atoms with Gasteiger partial charge in [-0.1, -0.05) is 130 Å². The third-order valence-corrected chi connectivity index (χ3v) is 28.6. The van der Waals surface area contributed by atoms with Crippen molar-refractivity contribution in [2.24, 2.45) is 0 Å². The first-order chi connectivity index (χ1) is 41.9. The normalized spacial score (nSPS) is 11.9. The Morgan fingerprint density at radius 1 is 0.449 bits per heavy atom. The van der Waals surface area contributed by atoms with Crippen LogP contribution in [0, 0.1) is 0 Å². The molecule has 89 heavy (non-hydrogen) atoms. The minimum atomic E-state index is -3.06. The van der Waals surface area contributed by atoms with Gasteiger partial charge in [-0.05, 0) is 137 Å². The monoisotopic (exact) mass is 1350 g/mol. The summed E-state index contributed by atoms with van der Waals surface area (Å²) in [5, 5.41) is 14.4. The van der Waals surface area contributed by atoms with Crippen LogP contribution < -0.4 is 26.6 Å². The topological polar surface area (TPSA) is 229 Å². The smallest absolute Gasteiger partial charge is 0.315 e.